The third-order valence-corrected chi connectivity index (χ3v) is 4.52. The van der Waals surface area contributed by atoms with Crippen molar-refractivity contribution in [2.45, 2.75) is 36.9 Å². The summed E-state index contributed by atoms with van der Waals surface area (Å²) < 4.78 is 5.70. The molecule has 4 heteroatoms. The normalized spacial score (nSPS) is 26.3. The van der Waals surface area contributed by atoms with Crippen molar-refractivity contribution < 1.29 is 4.74 Å². The van der Waals surface area contributed by atoms with Crippen LogP contribution < -0.4 is 5.73 Å². The predicted octanol–water partition coefficient (Wildman–Crippen LogP) is 2.52. The highest BCUT2D eigenvalue weighted by molar-refractivity contribution is 7.98. The fraction of sp³-hybridized carbons (Fsp3) is 0.600. The van der Waals surface area contributed by atoms with Gasteiger partial charge in [0.05, 0.1) is 12.7 Å². The molecule has 2 N–H and O–H groups in total. The molecule has 1 fully saturated rings. The summed E-state index contributed by atoms with van der Waals surface area (Å²) >= 11 is 1.77. The highest BCUT2D eigenvalue weighted by Crippen LogP contribution is 2.27. The monoisotopic (exact) mass is 280 g/mol. The molecule has 1 aliphatic heterocycles. The zero-order valence-corrected chi connectivity index (χ0v) is 12.8. The van der Waals surface area contributed by atoms with Crippen molar-refractivity contribution in [3.05, 3.63) is 29.8 Å². The van der Waals surface area contributed by atoms with Gasteiger partial charge in [-0.25, -0.2) is 0 Å². The molecule has 106 valence electrons. The smallest absolute Gasteiger partial charge is 0.0675 e. The first-order chi connectivity index (χ1) is 9.15. The van der Waals surface area contributed by atoms with Gasteiger partial charge in [-0.3, -0.25) is 4.90 Å². The lowest BCUT2D eigenvalue weighted by Gasteiger charge is -2.41. The molecule has 1 saturated heterocycles. The Morgan fingerprint density at radius 3 is 2.63 bits per heavy atom. The molecule has 1 aliphatic rings. The SMILES string of the molecule is CSc1ccc(C(CN)N2CC(C)OCC2C)cc1. The summed E-state index contributed by atoms with van der Waals surface area (Å²) in [6.07, 6.45) is 2.39. The highest BCUT2D eigenvalue weighted by Gasteiger charge is 2.29. The molecule has 0 radical (unpaired) electrons. The molecule has 19 heavy (non-hydrogen) atoms. The summed E-state index contributed by atoms with van der Waals surface area (Å²) in [6, 6.07) is 9.48. The average Bonchev–Trinajstić information content (AvgIpc) is 2.44. The lowest BCUT2D eigenvalue weighted by atomic mass is 10.0. The Bertz CT molecular complexity index is 396. The van der Waals surface area contributed by atoms with Crippen LogP contribution in [0.5, 0.6) is 0 Å². The lowest BCUT2D eigenvalue weighted by Crippen LogP contribution is -2.50. The van der Waals surface area contributed by atoms with Crippen LogP contribution in [0.4, 0.5) is 0 Å². The second kappa shape index (κ2) is 6.75. The van der Waals surface area contributed by atoms with E-state index in [2.05, 4.69) is 49.3 Å². The molecule has 2 rings (SSSR count). The Hall–Kier alpha value is -0.550. The lowest BCUT2D eigenvalue weighted by molar-refractivity contribution is -0.0653. The van der Waals surface area contributed by atoms with E-state index in [1.54, 1.807) is 11.8 Å². The molecule has 0 aliphatic carbocycles. The quantitative estimate of drug-likeness (QED) is 0.860. The van der Waals surface area contributed by atoms with E-state index < -0.39 is 0 Å². The molecule has 3 nitrogen and oxygen atoms in total. The van der Waals surface area contributed by atoms with Gasteiger partial charge >= 0.3 is 0 Å². The van der Waals surface area contributed by atoms with Gasteiger partial charge in [0.15, 0.2) is 0 Å². The number of rotatable bonds is 4. The maximum Gasteiger partial charge on any atom is 0.0675 e. The van der Waals surface area contributed by atoms with E-state index in [4.69, 9.17) is 10.5 Å². The van der Waals surface area contributed by atoms with E-state index in [1.807, 2.05) is 0 Å². The minimum Gasteiger partial charge on any atom is -0.376 e. The fourth-order valence-corrected chi connectivity index (χ4v) is 3.06. The highest BCUT2D eigenvalue weighted by atomic mass is 32.2. The van der Waals surface area contributed by atoms with Crippen LogP contribution in [0.25, 0.3) is 0 Å². The van der Waals surface area contributed by atoms with Crippen LogP contribution in [0.1, 0.15) is 25.5 Å². The second-order valence-corrected chi connectivity index (χ2v) is 6.09. The molecule has 0 spiro atoms. The number of nitrogens with zero attached hydrogens (tertiary/aromatic N) is 1. The van der Waals surface area contributed by atoms with E-state index in [9.17, 15) is 0 Å². The molecular weight excluding hydrogens is 256 g/mol. The van der Waals surface area contributed by atoms with Gasteiger partial charge in [-0.15, -0.1) is 11.8 Å². The van der Waals surface area contributed by atoms with E-state index in [0.29, 0.717) is 12.6 Å². The van der Waals surface area contributed by atoms with E-state index in [0.717, 1.165) is 13.2 Å². The molecule has 0 bridgehead atoms. The minimum atomic E-state index is 0.288. The molecule has 0 aromatic heterocycles. The maximum atomic E-state index is 6.03. The maximum absolute atomic E-state index is 6.03. The first-order valence-electron chi connectivity index (χ1n) is 6.87. The number of nitrogens with two attached hydrogens (primary N) is 1. The summed E-state index contributed by atoms with van der Waals surface area (Å²) in [4.78, 5) is 3.77. The van der Waals surface area contributed by atoms with Crippen molar-refractivity contribution in [2.75, 3.05) is 26.0 Å². The number of ether oxygens (including phenoxy) is 1. The van der Waals surface area contributed by atoms with Crippen LogP contribution >= 0.6 is 11.8 Å². The van der Waals surface area contributed by atoms with Crippen molar-refractivity contribution in [3.8, 4) is 0 Å². The molecule has 1 aromatic carbocycles. The average molecular weight is 280 g/mol. The summed E-state index contributed by atoms with van der Waals surface area (Å²) in [7, 11) is 0. The molecule has 3 atom stereocenters. The summed E-state index contributed by atoms with van der Waals surface area (Å²) in [5.41, 5.74) is 7.33. The van der Waals surface area contributed by atoms with Crippen molar-refractivity contribution in [2.24, 2.45) is 5.73 Å². The summed E-state index contributed by atoms with van der Waals surface area (Å²) in [5, 5.41) is 0. The van der Waals surface area contributed by atoms with Crippen molar-refractivity contribution in [1.82, 2.24) is 4.90 Å². The third-order valence-electron chi connectivity index (χ3n) is 3.78. The van der Waals surface area contributed by atoms with Crippen LogP contribution in [-0.2, 0) is 4.74 Å². The second-order valence-electron chi connectivity index (χ2n) is 5.21. The van der Waals surface area contributed by atoms with Crippen molar-refractivity contribution >= 4 is 11.8 Å². The van der Waals surface area contributed by atoms with Crippen LogP contribution in [0.15, 0.2) is 29.2 Å². The number of hydrogen-bond donors (Lipinski definition) is 1. The molecule has 3 unspecified atom stereocenters. The molecular formula is C15H24N2OS. The van der Waals surface area contributed by atoms with Gasteiger partial charge in [-0.1, -0.05) is 12.1 Å². The van der Waals surface area contributed by atoms with Crippen LogP contribution in [-0.4, -0.2) is 43.0 Å². The fourth-order valence-electron chi connectivity index (χ4n) is 2.65. The molecule has 1 heterocycles. The Labute approximate surface area is 120 Å². The summed E-state index contributed by atoms with van der Waals surface area (Å²) in [5.74, 6) is 0. The number of hydrogen-bond acceptors (Lipinski definition) is 4. The van der Waals surface area contributed by atoms with Gasteiger partial charge in [0.25, 0.3) is 0 Å². The first-order valence-corrected chi connectivity index (χ1v) is 8.09. The topological polar surface area (TPSA) is 38.5 Å². The van der Waals surface area contributed by atoms with E-state index in [1.165, 1.54) is 10.5 Å². The zero-order chi connectivity index (χ0) is 13.8. The van der Waals surface area contributed by atoms with E-state index in [-0.39, 0.29) is 12.1 Å². The Balaban J connectivity index is 2.17. The molecule has 0 amide bonds. The number of benzene rings is 1. The van der Waals surface area contributed by atoms with Gasteiger partial charge in [0, 0.05) is 30.1 Å². The summed E-state index contributed by atoms with van der Waals surface area (Å²) in [6.45, 7) is 6.73. The third kappa shape index (κ3) is 3.51. The Morgan fingerprint density at radius 1 is 1.37 bits per heavy atom. The van der Waals surface area contributed by atoms with Crippen molar-refractivity contribution in [1.29, 1.82) is 0 Å². The van der Waals surface area contributed by atoms with Gasteiger partial charge in [-0.2, -0.15) is 0 Å². The molecule has 0 saturated carbocycles. The van der Waals surface area contributed by atoms with Gasteiger partial charge in [0.2, 0.25) is 0 Å². The Morgan fingerprint density at radius 2 is 2.05 bits per heavy atom. The number of morpholine rings is 1. The van der Waals surface area contributed by atoms with Crippen LogP contribution in [0, 0.1) is 0 Å². The predicted molar refractivity (Wildman–Crippen MR) is 81.6 cm³/mol. The van der Waals surface area contributed by atoms with Crippen LogP contribution in [0.3, 0.4) is 0 Å². The van der Waals surface area contributed by atoms with Gasteiger partial charge in [-0.05, 0) is 37.8 Å². The molecule has 1 aromatic rings. The van der Waals surface area contributed by atoms with E-state index >= 15 is 0 Å². The first kappa shape index (κ1) is 14.9. The zero-order valence-electron chi connectivity index (χ0n) is 12.0. The number of thioether (sulfide) groups is 1. The standard InChI is InChI=1S/C15H24N2OS/c1-11-10-18-12(2)9-17(11)15(8-16)13-4-6-14(19-3)7-5-13/h4-7,11-12,15H,8-10,16H2,1-3H3. The van der Waals surface area contributed by atoms with Gasteiger partial charge < -0.3 is 10.5 Å². The van der Waals surface area contributed by atoms with Gasteiger partial charge in [0.1, 0.15) is 0 Å². The van der Waals surface area contributed by atoms with Crippen LogP contribution in [0.2, 0.25) is 0 Å². The Kier molecular flexibility index (Phi) is 5.28. The van der Waals surface area contributed by atoms with Crippen molar-refractivity contribution in [3.63, 3.8) is 0 Å². The minimum absolute atomic E-state index is 0.288. The largest absolute Gasteiger partial charge is 0.376 e.